The Morgan fingerprint density at radius 3 is 2.84 bits per heavy atom. The number of hydrazone groups is 1. The zero-order valence-electron chi connectivity index (χ0n) is 14.6. The Kier molecular flexibility index (Phi) is 5.24. The topological polar surface area (TPSA) is 54.4 Å². The molecule has 25 heavy (non-hydrogen) atoms. The smallest absolute Gasteiger partial charge is 0.267 e. The fraction of sp³-hybridized carbons (Fsp3) is 0.250. The Hall–Kier alpha value is -2.53. The minimum absolute atomic E-state index is 0.214. The van der Waals surface area contributed by atoms with Crippen LogP contribution in [0.1, 0.15) is 40.3 Å². The number of para-hydroxylation sites is 1. The highest BCUT2D eigenvalue weighted by atomic mass is 32.1. The van der Waals surface area contributed by atoms with Crippen LogP contribution in [0.25, 0.3) is 10.9 Å². The van der Waals surface area contributed by atoms with Crippen molar-refractivity contribution in [2.24, 2.45) is 11.0 Å². The summed E-state index contributed by atoms with van der Waals surface area (Å²) in [7, 11) is 0. The zero-order chi connectivity index (χ0) is 17.8. The van der Waals surface area contributed by atoms with Gasteiger partial charge < -0.3 is 0 Å². The van der Waals surface area contributed by atoms with Gasteiger partial charge in [0.25, 0.3) is 5.91 Å². The molecule has 0 aliphatic carbocycles. The highest BCUT2D eigenvalue weighted by Crippen LogP contribution is 2.20. The Balaban J connectivity index is 1.89. The lowest BCUT2D eigenvalue weighted by molar-refractivity contribution is 0.0956. The number of nitrogens with one attached hydrogen (secondary N) is 1. The third-order valence-electron chi connectivity index (χ3n) is 3.88. The summed E-state index contributed by atoms with van der Waals surface area (Å²) in [5.74, 6) is 0.262. The molecule has 0 aliphatic rings. The molecule has 0 saturated heterocycles. The van der Waals surface area contributed by atoms with E-state index in [2.05, 4.69) is 29.4 Å². The number of hydrogen-bond donors (Lipinski definition) is 1. The van der Waals surface area contributed by atoms with Gasteiger partial charge in [-0.1, -0.05) is 32.0 Å². The van der Waals surface area contributed by atoms with Crippen LogP contribution in [0.2, 0.25) is 0 Å². The van der Waals surface area contributed by atoms with Gasteiger partial charge in [-0.05, 0) is 48.4 Å². The van der Waals surface area contributed by atoms with Gasteiger partial charge in [0.15, 0.2) is 0 Å². The van der Waals surface area contributed by atoms with E-state index in [0.29, 0.717) is 11.5 Å². The average molecular weight is 351 g/mol. The van der Waals surface area contributed by atoms with Crippen LogP contribution in [0.5, 0.6) is 0 Å². The predicted octanol–water partition coefficient (Wildman–Crippen LogP) is 4.57. The molecule has 0 spiro atoms. The summed E-state index contributed by atoms with van der Waals surface area (Å²) in [6.45, 7) is 6.31. The first-order valence-electron chi connectivity index (χ1n) is 8.30. The summed E-state index contributed by atoms with van der Waals surface area (Å²) < 4.78 is 0. The highest BCUT2D eigenvalue weighted by Gasteiger charge is 2.13. The normalized spacial score (nSPS) is 11.5. The highest BCUT2D eigenvalue weighted by molar-refractivity contribution is 7.11. The van der Waals surface area contributed by atoms with Crippen molar-refractivity contribution >= 4 is 34.4 Å². The van der Waals surface area contributed by atoms with E-state index < -0.39 is 0 Å². The molecule has 128 valence electrons. The van der Waals surface area contributed by atoms with Gasteiger partial charge in [-0.3, -0.25) is 9.78 Å². The first-order chi connectivity index (χ1) is 12.0. The number of hydrogen-bond acceptors (Lipinski definition) is 4. The predicted molar refractivity (Wildman–Crippen MR) is 104 cm³/mol. The lowest BCUT2D eigenvalue weighted by atomic mass is 10.0. The van der Waals surface area contributed by atoms with Gasteiger partial charge >= 0.3 is 0 Å². The molecule has 0 fully saturated rings. The van der Waals surface area contributed by atoms with Crippen molar-refractivity contribution in [1.82, 2.24) is 10.4 Å². The summed E-state index contributed by atoms with van der Waals surface area (Å²) in [5.41, 5.74) is 6.17. The fourth-order valence-corrected chi connectivity index (χ4v) is 3.45. The number of thiophene rings is 1. The molecule has 0 unspecified atom stereocenters. The van der Waals surface area contributed by atoms with E-state index in [1.54, 1.807) is 17.6 Å². The number of aryl methyl sites for hydroxylation is 1. The molecule has 1 aromatic carbocycles. The van der Waals surface area contributed by atoms with E-state index in [-0.39, 0.29) is 5.91 Å². The van der Waals surface area contributed by atoms with Crippen molar-refractivity contribution in [3.05, 3.63) is 63.5 Å². The number of aromatic nitrogens is 1. The van der Waals surface area contributed by atoms with Crippen LogP contribution < -0.4 is 5.43 Å². The monoisotopic (exact) mass is 351 g/mol. The van der Waals surface area contributed by atoms with Crippen molar-refractivity contribution in [2.45, 2.75) is 27.2 Å². The number of nitrogens with zero attached hydrogens (tertiary/aromatic N) is 2. The largest absolute Gasteiger partial charge is 0.272 e. The number of rotatable bonds is 5. The Morgan fingerprint density at radius 1 is 1.32 bits per heavy atom. The van der Waals surface area contributed by atoms with Crippen molar-refractivity contribution in [3.63, 3.8) is 0 Å². The lowest BCUT2D eigenvalue weighted by Gasteiger charge is -2.10. The molecule has 1 amide bonds. The van der Waals surface area contributed by atoms with E-state index in [1.165, 1.54) is 0 Å². The Labute approximate surface area is 151 Å². The minimum Gasteiger partial charge on any atom is -0.267 e. The number of amides is 1. The summed E-state index contributed by atoms with van der Waals surface area (Å²) in [4.78, 5) is 18.4. The molecule has 2 heterocycles. The zero-order valence-corrected chi connectivity index (χ0v) is 15.4. The van der Waals surface area contributed by atoms with Crippen LogP contribution in [-0.4, -0.2) is 17.1 Å². The summed E-state index contributed by atoms with van der Waals surface area (Å²) >= 11 is 1.60. The molecule has 5 heteroatoms. The van der Waals surface area contributed by atoms with Crippen LogP contribution in [0.4, 0.5) is 0 Å². The van der Waals surface area contributed by atoms with Gasteiger partial charge in [0.1, 0.15) is 0 Å². The first kappa shape index (κ1) is 17.3. The third-order valence-corrected chi connectivity index (χ3v) is 4.83. The number of carbonyl (C=O) groups excluding carboxylic acids is 1. The third kappa shape index (κ3) is 4.12. The summed E-state index contributed by atoms with van der Waals surface area (Å²) in [6, 6.07) is 11.6. The van der Waals surface area contributed by atoms with E-state index in [0.717, 1.165) is 33.5 Å². The van der Waals surface area contributed by atoms with Crippen molar-refractivity contribution in [1.29, 1.82) is 0 Å². The maximum atomic E-state index is 12.7. The van der Waals surface area contributed by atoms with Gasteiger partial charge in [-0.2, -0.15) is 5.10 Å². The van der Waals surface area contributed by atoms with E-state index in [1.807, 2.05) is 48.7 Å². The molecule has 3 rings (SSSR count). The lowest BCUT2D eigenvalue weighted by Crippen LogP contribution is -2.19. The minimum atomic E-state index is -0.214. The molecule has 0 bridgehead atoms. The molecule has 0 radical (unpaired) electrons. The molecule has 0 aliphatic heterocycles. The second kappa shape index (κ2) is 7.57. The van der Waals surface area contributed by atoms with Crippen LogP contribution >= 0.6 is 11.3 Å². The standard InChI is InChI=1S/C20H21N3OS/c1-13(2)10-15-11-17(16-6-4-5-7-18(16)22-15)20(24)23-21-12-19-14(3)8-9-25-19/h4-9,11-13H,10H2,1-3H3,(H,23,24)/b21-12+. The van der Waals surface area contributed by atoms with Gasteiger partial charge in [0.05, 0.1) is 17.3 Å². The SMILES string of the molecule is Cc1ccsc1/C=N/NC(=O)c1cc(CC(C)C)nc2ccccc12. The average Bonchev–Trinajstić information content (AvgIpc) is 2.98. The second-order valence-electron chi connectivity index (χ2n) is 6.44. The molecular formula is C20H21N3OS. The van der Waals surface area contributed by atoms with Crippen molar-refractivity contribution in [2.75, 3.05) is 0 Å². The van der Waals surface area contributed by atoms with Gasteiger partial charge in [0.2, 0.25) is 0 Å². The van der Waals surface area contributed by atoms with Crippen LogP contribution in [0, 0.1) is 12.8 Å². The molecule has 4 nitrogen and oxygen atoms in total. The van der Waals surface area contributed by atoms with E-state index >= 15 is 0 Å². The number of carbonyl (C=O) groups is 1. The van der Waals surface area contributed by atoms with Crippen molar-refractivity contribution < 1.29 is 4.79 Å². The molecule has 0 atom stereocenters. The molecule has 0 saturated carbocycles. The quantitative estimate of drug-likeness (QED) is 0.541. The van der Waals surface area contributed by atoms with Gasteiger partial charge in [-0.15, -0.1) is 11.3 Å². The maximum absolute atomic E-state index is 12.7. The summed E-state index contributed by atoms with van der Waals surface area (Å²) in [5, 5.41) is 6.96. The molecule has 1 N–H and O–H groups in total. The molecule has 2 aromatic heterocycles. The van der Waals surface area contributed by atoms with Gasteiger partial charge in [-0.25, -0.2) is 5.43 Å². The maximum Gasteiger partial charge on any atom is 0.272 e. The Morgan fingerprint density at radius 2 is 2.12 bits per heavy atom. The Bertz CT molecular complexity index is 928. The van der Waals surface area contributed by atoms with Crippen LogP contribution in [-0.2, 0) is 6.42 Å². The van der Waals surface area contributed by atoms with Gasteiger partial charge in [0, 0.05) is 16.0 Å². The number of benzene rings is 1. The van der Waals surface area contributed by atoms with E-state index in [4.69, 9.17) is 0 Å². The molecule has 3 aromatic rings. The summed E-state index contributed by atoms with van der Waals surface area (Å²) in [6.07, 6.45) is 2.53. The van der Waals surface area contributed by atoms with Crippen LogP contribution in [0.15, 0.2) is 46.9 Å². The van der Waals surface area contributed by atoms with Crippen molar-refractivity contribution in [3.8, 4) is 0 Å². The van der Waals surface area contributed by atoms with E-state index in [9.17, 15) is 4.79 Å². The fourth-order valence-electron chi connectivity index (χ4n) is 2.67. The second-order valence-corrected chi connectivity index (χ2v) is 7.39. The first-order valence-corrected chi connectivity index (χ1v) is 9.18. The molecular weight excluding hydrogens is 330 g/mol. The number of fused-ring (bicyclic) bond motifs is 1. The number of pyridine rings is 1. The van der Waals surface area contributed by atoms with Crippen LogP contribution in [0.3, 0.4) is 0 Å².